The number of fused-ring (bicyclic) bond motifs is 1. The van der Waals surface area contributed by atoms with E-state index in [1.165, 1.54) is 11.8 Å². The summed E-state index contributed by atoms with van der Waals surface area (Å²) < 4.78 is 23.4. The molecule has 152 valence electrons. The maximum atomic E-state index is 13.0. The average molecular weight is 414 g/mol. The van der Waals surface area contributed by atoms with Crippen LogP contribution < -0.4 is 5.32 Å². The summed E-state index contributed by atoms with van der Waals surface area (Å²) in [5.41, 5.74) is 2.17. The predicted octanol–water partition coefficient (Wildman–Crippen LogP) is 2.29. The normalized spacial score (nSPS) is 14.4. The van der Waals surface area contributed by atoms with Crippen molar-refractivity contribution >= 4 is 33.1 Å². The van der Waals surface area contributed by atoms with Crippen molar-refractivity contribution in [3.05, 3.63) is 65.2 Å². The molecule has 3 rings (SSSR count). The Morgan fingerprint density at radius 3 is 2.52 bits per heavy atom. The molecule has 2 aromatic carbocycles. The molecular formula is C21H22N2O5S. The van der Waals surface area contributed by atoms with Gasteiger partial charge in [-0.05, 0) is 37.1 Å². The minimum Gasteiger partial charge on any atom is -0.324 e. The number of anilines is 1. The molecule has 29 heavy (non-hydrogen) atoms. The third kappa shape index (κ3) is 4.89. The summed E-state index contributed by atoms with van der Waals surface area (Å²) >= 11 is 0. The van der Waals surface area contributed by atoms with Crippen LogP contribution in [-0.2, 0) is 21.2 Å². The fourth-order valence-electron chi connectivity index (χ4n) is 3.32. The van der Waals surface area contributed by atoms with E-state index in [0.717, 1.165) is 11.8 Å². The van der Waals surface area contributed by atoms with Crippen LogP contribution in [0.15, 0.2) is 48.5 Å². The lowest BCUT2D eigenvalue weighted by molar-refractivity contribution is -0.120. The van der Waals surface area contributed by atoms with Crippen LogP contribution in [0.2, 0.25) is 0 Å². The number of carbonyl (C=O) groups is 3. The second kappa shape index (κ2) is 8.16. The van der Waals surface area contributed by atoms with E-state index in [9.17, 15) is 22.8 Å². The van der Waals surface area contributed by atoms with Crippen molar-refractivity contribution in [1.29, 1.82) is 0 Å². The molecule has 7 nitrogen and oxygen atoms in total. The van der Waals surface area contributed by atoms with E-state index in [1.54, 1.807) is 36.4 Å². The van der Waals surface area contributed by atoms with Gasteiger partial charge in [-0.3, -0.25) is 14.4 Å². The molecule has 0 radical (unpaired) electrons. The molecule has 0 saturated carbocycles. The Hall–Kier alpha value is -3.00. The number of nitrogens with zero attached hydrogens (tertiary/aromatic N) is 1. The number of sulfone groups is 1. The van der Waals surface area contributed by atoms with Crippen LogP contribution in [0.1, 0.15) is 39.6 Å². The van der Waals surface area contributed by atoms with Crippen LogP contribution in [0.4, 0.5) is 5.69 Å². The van der Waals surface area contributed by atoms with E-state index >= 15 is 0 Å². The van der Waals surface area contributed by atoms with Gasteiger partial charge in [-0.15, -0.1) is 0 Å². The molecule has 1 aliphatic heterocycles. The molecule has 1 unspecified atom stereocenters. The van der Waals surface area contributed by atoms with Crippen molar-refractivity contribution < 1.29 is 22.8 Å². The monoisotopic (exact) mass is 414 g/mol. The van der Waals surface area contributed by atoms with Gasteiger partial charge in [0.1, 0.15) is 15.9 Å². The van der Waals surface area contributed by atoms with Gasteiger partial charge in [0.15, 0.2) is 5.78 Å². The molecule has 0 saturated heterocycles. The molecule has 1 heterocycles. The van der Waals surface area contributed by atoms with Crippen molar-refractivity contribution in [2.45, 2.75) is 25.9 Å². The summed E-state index contributed by atoms with van der Waals surface area (Å²) in [6.07, 6.45) is 1.08. The van der Waals surface area contributed by atoms with Crippen LogP contribution >= 0.6 is 0 Å². The van der Waals surface area contributed by atoms with Gasteiger partial charge in [-0.1, -0.05) is 30.3 Å². The quantitative estimate of drug-likeness (QED) is 0.701. The Labute approximate surface area is 169 Å². The Bertz CT molecular complexity index is 1080. The lowest BCUT2D eigenvalue weighted by Crippen LogP contribution is -2.45. The lowest BCUT2D eigenvalue weighted by atomic mass is 10.1. The van der Waals surface area contributed by atoms with Gasteiger partial charge in [0, 0.05) is 29.6 Å². The summed E-state index contributed by atoms with van der Waals surface area (Å²) in [6, 6.07) is 12.6. The highest BCUT2D eigenvalue weighted by Gasteiger charge is 2.36. The van der Waals surface area contributed by atoms with Gasteiger partial charge < -0.3 is 10.2 Å². The Morgan fingerprint density at radius 1 is 1.14 bits per heavy atom. The molecular weight excluding hydrogens is 392 g/mol. The van der Waals surface area contributed by atoms with Crippen molar-refractivity contribution in [2.75, 3.05) is 17.3 Å². The number of benzene rings is 2. The summed E-state index contributed by atoms with van der Waals surface area (Å²) in [6.45, 7) is 1.67. The average Bonchev–Trinajstić information content (AvgIpc) is 2.98. The third-order valence-corrected chi connectivity index (χ3v) is 5.80. The van der Waals surface area contributed by atoms with E-state index in [-0.39, 0.29) is 30.4 Å². The largest absolute Gasteiger partial charge is 0.324 e. The molecule has 0 aliphatic carbocycles. The van der Waals surface area contributed by atoms with E-state index in [4.69, 9.17) is 0 Å². The maximum absolute atomic E-state index is 13.0. The van der Waals surface area contributed by atoms with Crippen molar-refractivity contribution in [3.8, 4) is 0 Å². The highest BCUT2D eigenvalue weighted by atomic mass is 32.2. The van der Waals surface area contributed by atoms with Gasteiger partial charge in [0.25, 0.3) is 5.91 Å². The number of amides is 2. The van der Waals surface area contributed by atoms with Crippen LogP contribution in [-0.4, -0.2) is 49.0 Å². The highest BCUT2D eigenvalue weighted by Crippen LogP contribution is 2.26. The van der Waals surface area contributed by atoms with E-state index in [2.05, 4.69) is 5.32 Å². The highest BCUT2D eigenvalue weighted by molar-refractivity contribution is 7.90. The van der Waals surface area contributed by atoms with Crippen molar-refractivity contribution in [3.63, 3.8) is 0 Å². The molecule has 0 aromatic heterocycles. The minimum atomic E-state index is -3.32. The van der Waals surface area contributed by atoms with Crippen LogP contribution in [0.25, 0.3) is 0 Å². The maximum Gasteiger partial charge on any atom is 0.255 e. The molecule has 1 atom stereocenters. The van der Waals surface area contributed by atoms with Crippen LogP contribution in [0, 0.1) is 0 Å². The Balaban J connectivity index is 1.86. The number of nitrogens with one attached hydrogen (secondary N) is 1. The van der Waals surface area contributed by atoms with Gasteiger partial charge in [0.05, 0.1) is 5.75 Å². The van der Waals surface area contributed by atoms with E-state index < -0.39 is 21.8 Å². The van der Waals surface area contributed by atoms with Gasteiger partial charge in [0.2, 0.25) is 5.91 Å². The molecule has 1 aliphatic rings. The zero-order valence-electron chi connectivity index (χ0n) is 16.2. The summed E-state index contributed by atoms with van der Waals surface area (Å²) in [5.74, 6) is -1.15. The van der Waals surface area contributed by atoms with Crippen LogP contribution in [0.5, 0.6) is 0 Å². The van der Waals surface area contributed by atoms with Gasteiger partial charge in [-0.25, -0.2) is 8.42 Å². The molecule has 0 spiro atoms. The second-order valence-corrected chi connectivity index (χ2v) is 9.41. The molecule has 2 aromatic rings. The van der Waals surface area contributed by atoms with E-state index in [1.807, 2.05) is 12.1 Å². The lowest BCUT2D eigenvalue weighted by Gasteiger charge is -2.27. The number of hydrogen-bond donors (Lipinski definition) is 1. The zero-order valence-corrected chi connectivity index (χ0v) is 17.0. The van der Waals surface area contributed by atoms with Crippen LogP contribution in [0.3, 0.4) is 0 Å². The first-order valence-corrected chi connectivity index (χ1v) is 11.2. The first-order valence-electron chi connectivity index (χ1n) is 9.14. The van der Waals surface area contributed by atoms with Crippen molar-refractivity contribution in [1.82, 2.24) is 4.90 Å². The zero-order chi connectivity index (χ0) is 21.2. The first-order chi connectivity index (χ1) is 13.7. The molecule has 2 amide bonds. The van der Waals surface area contributed by atoms with E-state index in [0.29, 0.717) is 16.8 Å². The number of rotatable bonds is 7. The fraction of sp³-hybridized carbons (Fsp3) is 0.286. The van der Waals surface area contributed by atoms with Crippen molar-refractivity contribution in [2.24, 2.45) is 0 Å². The number of ketones is 1. The number of carbonyl (C=O) groups excluding carboxylic acids is 3. The summed E-state index contributed by atoms with van der Waals surface area (Å²) in [5, 5.41) is 2.72. The summed E-state index contributed by atoms with van der Waals surface area (Å²) in [7, 11) is -3.32. The van der Waals surface area contributed by atoms with Gasteiger partial charge >= 0.3 is 0 Å². The molecule has 8 heteroatoms. The molecule has 1 N–H and O–H groups in total. The topological polar surface area (TPSA) is 101 Å². The SMILES string of the molecule is CC(=O)c1cccc(NC(=O)C(CCS(C)(=O)=O)N2Cc3ccccc3C2=O)c1. The Morgan fingerprint density at radius 2 is 1.86 bits per heavy atom. The minimum absolute atomic E-state index is 0.0171. The van der Waals surface area contributed by atoms with Gasteiger partial charge in [-0.2, -0.15) is 0 Å². The number of hydrogen-bond acceptors (Lipinski definition) is 5. The molecule has 0 bridgehead atoms. The third-order valence-electron chi connectivity index (χ3n) is 4.83. The fourth-order valence-corrected chi connectivity index (χ4v) is 3.98. The molecule has 0 fully saturated rings. The predicted molar refractivity (Wildman–Crippen MR) is 110 cm³/mol. The standard InChI is InChI=1S/C21H22N2O5S/c1-14(24)15-7-5-8-17(12-15)22-20(25)19(10-11-29(2,27)28)23-13-16-6-3-4-9-18(16)21(23)26/h3-9,12,19H,10-11,13H2,1-2H3,(H,22,25). The first kappa shape index (κ1) is 20.7. The smallest absolute Gasteiger partial charge is 0.255 e. The summed E-state index contributed by atoms with van der Waals surface area (Å²) in [4.78, 5) is 38.8. The number of Topliss-reactive ketones (excluding diaryl/α,β-unsaturated/α-hetero) is 1. The second-order valence-electron chi connectivity index (χ2n) is 7.15. The Kier molecular flexibility index (Phi) is 5.83.